The molecule has 23 heavy (non-hydrogen) atoms. The monoisotopic (exact) mass is 319 g/mol. The van der Waals surface area contributed by atoms with Crippen LogP contribution in [0, 0.1) is 12.8 Å². The van der Waals surface area contributed by atoms with Gasteiger partial charge in [-0.15, -0.1) is 0 Å². The quantitative estimate of drug-likeness (QED) is 0.725. The Kier molecular flexibility index (Phi) is 5.05. The Labute approximate surface area is 133 Å². The van der Waals surface area contributed by atoms with Crippen molar-refractivity contribution >= 4 is 16.9 Å². The molecule has 0 aliphatic carbocycles. The van der Waals surface area contributed by atoms with Crippen molar-refractivity contribution in [1.82, 2.24) is 5.32 Å². The highest BCUT2D eigenvalue weighted by atomic mass is 16.4. The summed E-state index contributed by atoms with van der Waals surface area (Å²) in [5, 5.41) is 22.1. The smallest absolute Gasteiger partial charge is 0.340 e. The lowest BCUT2D eigenvalue weighted by atomic mass is 10.0. The third kappa shape index (κ3) is 3.71. The SMILES string of the molecule is Cc1c(CC(=O)N[C@H](CO)C(C)C)c(=O)oc2cc(O)ccc12. The number of aryl methyl sites for hydroxylation is 1. The van der Waals surface area contributed by atoms with Crippen LogP contribution in [0.2, 0.25) is 0 Å². The number of aliphatic hydroxyl groups excluding tert-OH is 1. The number of fused-ring (bicyclic) bond motifs is 1. The summed E-state index contributed by atoms with van der Waals surface area (Å²) < 4.78 is 5.19. The van der Waals surface area contributed by atoms with E-state index in [1.54, 1.807) is 13.0 Å². The molecule has 2 aromatic rings. The number of phenols is 1. The van der Waals surface area contributed by atoms with Gasteiger partial charge in [0.25, 0.3) is 0 Å². The summed E-state index contributed by atoms with van der Waals surface area (Å²) in [7, 11) is 0. The van der Waals surface area contributed by atoms with Crippen LogP contribution in [0.25, 0.3) is 11.0 Å². The third-order valence-electron chi connectivity index (χ3n) is 3.96. The second-order valence-electron chi connectivity index (χ2n) is 5.95. The fourth-order valence-electron chi connectivity index (χ4n) is 2.43. The van der Waals surface area contributed by atoms with Gasteiger partial charge >= 0.3 is 5.63 Å². The fourth-order valence-corrected chi connectivity index (χ4v) is 2.43. The summed E-state index contributed by atoms with van der Waals surface area (Å²) in [6.07, 6.45) is -0.117. The third-order valence-corrected chi connectivity index (χ3v) is 3.96. The van der Waals surface area contributed by atoms with Crippen molar-refractivity contribution in [3.63, 3.8) is 0 Å². The number of aliphatic hydroxyl groups is 1. The molecule has 1 amide bonds. The van der Waals surface area contributed by atoms with Gasteiger partial charge in [0.05, 0.1) is 24.6 Å². The average molecular weight is 319 g/mol. The number of hydrogen-bond acceptors (Lipinski definition) is 5. The van der Waals surface area contributed by atoms with Crippen LogP contribution >= 0.6 is 0 Å². The van der Waals surface area contributed by atoms with Gasteiger partial charge in [0, 0.05) is 11.5 Å². The number of phenolic OH excluding ortho intramolecular Hbond substituents is 1. The van der Waals surface area contributed by atoms with Gasteiger partial charge in [-0.1, -0.05) is 13.8 Å². The fraction of sp³-hybridized carbons (Fsp3) is 0.412. The van der Waals surface area contributed by atoms with Crippen molar-refractivity contribution in [2.45, 2.75) is 33.2 Å². The van der Waals surface area contributed by atoms with E-state index in [1.165, 1.54) is 12.1 Å². The van der Waals surface area contributed by atoms with E-state index in [9.17, 15) is 19.8 Å². The number of rotatable bonds is 5. The molecule has 0 saturated heterocycles. The molecule has 1 aromatic heterocycles. The highest BCUT2D eigenvalue weighted by molar-refractivity contribution is 5.85. The molecule has 0 spiro atoms. The second-order valence-corrected chi connectivity index (χ2v) is 5.95. The topological polar surface area (TPSA) is 99.8 Å². The van der Waals surface area contributed by atoms with Crippen LogP contribution < -0.4 is 10.9 Å². The molecule has 3 N–H and O–H groups in total. The zero-order valence-electron chi connectivity index (χ0n) is 13.4. The maximum Gasteiger partial charge on any atom is 0.340 e. The first kappa shape index (κ1) is 17.0. The highest BCUT2D eigenvalue weighted by Gasteiger charge is 2.19. The predicted molar refractivity (Wildman–Crippen MR) is 86.4 cm³/mol. The van der Waals surface area contributed by atoms with E-state index < -0.39 is 5.63 Å². The molecule has 0 unspecified atom stereocenters. The van der Waals surface area contributed by atoms with Gasteiger partial charge in [0.2, 0.25) is 5.91 Å². The molecule has 0 saturated carbocycles. The lowest BCUT2D eigenvalue weighted by molar-refractivity contribution is -0.121. The molecule has 0 radical (unpaired) electrons. The summed E-state index contributed by atoms with van der Waals surface area (Å²) in [6, 6.07) is 4.16. The summed E-state index contributed by atoms with van der Waals surface area (Å²) in [4.78, 5) is 24.3. The molecule has 1 heterocycles. The Morgan fingerprint density at radius 3 is 2.65 bits per heavy atom. The number of amides is 1. The lowest BCUT2D eigenvalue weighted by Crippen LogP contribution is -2.42. The molecule has 1 aromatic carbocycles. The summed E-state index contributed by atoms with van der Waals surface area (Å²) in [5.41, 5.74) is 0.616. The number of carbonyl (C=O) groups excluding carboxylic acids is 1. The number of hydrogen-bond donors (Lipinski definition) is 3. The van der Waals surface area contributed by atoms with Crippen LogP contribution in [-0.2, 0) is 11.2 Å². The summed E-state index contributed by atoms with van der Waals surface area (Å²) in [5.74, 6) is -0.249. The van der Waals surface area contributed by atoms with E-state index in [-0.39, 0.29) is 47.8 Å². The van der Waals surface area contributed by atoms with E-state index in [1.807, 2.05) is 13.8 Å². The van der Waals surface area contributed by atoms with Crippen molar-refractivity contribution in [3.05, 3.63) is 39.7 Å². The van der Waals surface area contributed by atoms with Gasteiger partial charge in [0.1, 0.15) is 11.3 Å². The minimum atomic E-state index is -0.596. The number of nitrogens with one attached hydrogen (secondary N) is 1. The molecule has 0 bridgehead atoms. The first-order chi connectivity index (χ1) is 10.8. The molecule has 6 nitrogen and oxygen atoms in total. The van der Waals surface area contributed by atoms with Crippen molar-refractivity contribution in [3.8, 4) is 5.75 Å². The first-order valence-corrected chi connectivity index (χ1v) is 7.49. The van der Waals surface area contributed by atoms with Crippen LogP contribution in [0.1, 0.15) is 25.0 Å². The Morgan fingerprint density at radius 1 is 1.35 bits per heavy atom. The van der Waals surface area contributed by atoms with Crippen LogP contribution in [-0.4, -0.2) is 28.8 Å². The van der Waals surface area contributed by atoms with Crippen molar-refractivity contribution in [2.24, 2.45) is 5.92 Å². The Hall–Kier alpha value is -2.34. The van der Waals surface area contributed by atoms with Gasteiger partial charge in [-0.25, -0.2) is 4.79 Å². The normalized spacial score (nSPS) is 12.6. The van der Waals surface area contributed by atoms with E-state index in [0.29, 0.717) is 10.9 Å². The van der Waals surface area contributed by atoms with Crippen LogP contribution in [0.3, 0.4) is 0 Å². The second kappa shape index (κ2) is 6.83. The van der Waals surface area contributed by atoms with E-state index in [0.717, 1.165) is 0 Å². The molecular formula is C17H21NO5. The summed E-state index contributed by atoms with van der Waals surface area (Å²) >= 11 is 0. The van der Waals surface area contributed by atoms with E-state index in [2.05, 4.69) is 5.32 Å². The van der Waals surface area contributed by atoms with Crippen molar-refractivity contribution in [1.29, 1.82) is 0 Å². The van der Waals surface area contributed by atoms with Gasteiger partial charge in [0.15, 0.2) is 0 Å². The Bertz CT molecular complexity index is 778. The zero-order chi connectivity index (χ0) is 17.1. The molecular weight excluding hydrogens is 298 g/mol. The minimum absolute atomic E-state index is 0.00765. The molecule has 0 fully saturated rings. The Morgan fingerprint density at radius 2 is 2.04 bits per heavy atom. The molecule has 0 aliphatic rings. The van der Waals surface area contributed by atoms with Gasteiger partial charge in [-0.3, -0.25) is 4.79 Å². The largest absolute Gasteiger partial charge is 0.508 e. The standard InChI is InChI=1S/C17H21NO5/c1-9(2)14(8-19)18-16(21)7-13-10(3)12-5-4-11(20)6-15(12)23-17(13)22/h4-6,9,14,19-20H,7-8H2,1-3H3,(H,18,21)/t14-/m1/s1. The highest BCUT2D eigenvalue weighted by Crippen LogP contribution is 2.23. The predicted octanol–water partition coefficient (Wildman–Crippen LogP) is 1.48. The van der Waals surface area contributed by atoms with Gasteiger partial charge in [-0.05, 0) is 30.5 Å². The van der Waals surface area contributed by atoms with Crippen molar-refractivity contribution < 1.29 is 19.4 Å². The van der Waals surface area contributed by atoms with E-state index >= 15 is 0 Å². The molecule has 1 atom stereocenters. The van der Waals surface area contributed by atoms with Crippen LogP contribution in [0.5, 0.6) is 5.75 Å². The number of aromatic hydroxyl groups is 1. The number of carbonyl (C=O) groups is 1. The molecule has 6 heteroatoms. The average Bonchev–Trinajstić information content (AvgIpc) is 2.48. The van der Waals surface area contributed by atoms with E-state index in [4.69, 9.17) is 4.42 Å². The van der Waals surface area contributed by atoms with Gasteiger partial charge in [-0.2, -0.15) is 0 Å². The molecule has 2 rings (SSSR count). The zero-order valence-corrected chi connectivity index (χ0v) is 13.4. The Balaban J connectivity index is 2.31. The number of benzene rings is 1. The minimum Gasteiger partial charge on any atom is -0.508 e. The van der Waals surface area contributed by atoms with Gasteiger partial charge < -0.3 is 19.9 Å². The lowest BCUT2D eigenvalue weighted by Gasteiger charge is -2.20. The van der Waals surface area contributed by atoms with Crippen LogP contribution in [0.15, 0.2) is 27.4 Å². The van der Waals surface area contributed by atoms with Crippen molar-refractivity contribution in [2.75, 3.05) is 6.61 Å². The summed E-state index contributed by atoms with van der Waals surface area (Å²) in [6.45, 7) is 5.37. The maximum absolute atomic E-state index is 12.1. The first-order valence-electron chi connectivity index (χ1n) is 7.49. The molecule has 124 valence electrons. The maximum atomic E-state index is 12.1. The van der Waals surface area contributed by atoms with Crippen LogP contribution in [0.4, 0.5) is 0 Å². The molecule has 0 aliphatic heterocycles.